The highest BCUT2D eigenvalue weighted by molar-refractivity contribution is 6.05. The number of hydrogen-bond donors (Lipinski definition) is 2. The molecule has 0 bridgehead atoms. The average Bonchev–Trinajstić information content (AvgIpc) is 2.95. The van der Waals surface area contributed by atoms with Gasteiger partial charge in [-0.15, -0.1) is 0 Å². The summed E-state index contributed by atoms with van der Waals surface area (Å²) in [5.41, 5.74) is 0. The van der Waals surface area contributed by atoms with E-state index in [0.717, 1.165) is 19.4 Å². The molecule has 2 N–H and O–H groups in total. The number of carbonyl (C=O) groups is 1. The first kappa shape index (κ1) is 11.4. The lowest BCUT2D eigenvalue weighted by atomic mass is 9.95. The summed E-state index contributed by atoms with van der Waals surface area (Å²) in [4.78, 5) is 13.6. The van der Waals surface area contributed by atoms with Crippen LogP contribution in [0.25, 0.3) is 0 Å². The number of carbonyl (C=O) groups excluding carboxylic acids is 1. The van der Waals surface area contributed by atoms with E-state index in [0.29, 0.717) is 17.7 Å². The second kappa shape index (κ2) is 4.44. The number of amidine groups is 1. The molecule has 90 valence electrons. The van der Waals surface area contributed by atoms with Crippen LogP contribution in [0, 0.1) is 17.2 Å². The van der Waals surface area contributed by atoms with Crippen molar-refractivity contribution < 1.29 is 4.79 Å². The quantitative estimate of drug-likeness (QED) is 0.737. The van der Waals surface area contributed by atoms with Crippen molar-refractivity contribution >= 4 is 11.9 Å². The third-order valence-electron chi connectivity index (χ3n) is 3.57. The van der Waals surface area contributed by atoms with Gasteiger partial charge in [0.15, 0.2) is 0 Å². The average molecular weight is 223 g/mol. The Bertz CT molecular complexity index is 299. The van der Waals surface area contributed by atoms with E-state index in [2.05, 4.69) is 19.2 Å². The maximum atomic E-state index is 11.7. The number of rotatable bonds is 5. The monoisotopic (exact) mass is 223 g/mol. The third-order valence-corrected chi connectivity index (χ3v) is 3.57. The molecule has 0 spiro atoms. The summed E-state index contributed by atoms with van der Waals surface area (Å²) in [7, 11) is 0. The Hall–Kier alpha value is -1.06. The predicted octanol–water partition coefficient (Wildman–Crippen LogP) is 2.20. The molecule has 2 atom stereocenters. The van der Waals surface area contributed by atoms with Crippen molar-refractivity contribution in [2.45, 2.75) is 45.6 Å². The Morgan fingerprint density at radius 2 is 2.25 bits per heavy atom. The molecule has 4 nitrogen and oxygen atoms in total. The van der Waals surface area contributed by atoms with E-state index in [1.807, 2.05) is 4.90 Å². The highest BCUT2D eigenvalue weighted by atomic mass is 16.2. The number of hydrogen-bond acceptors (Lipinski definition) is 2. The zero-order valence-corrected chi connectivity index (χ0v) is 10.1. The molecule has 0 radical (unpaired) electrons. The summed E-state index contributed by atoms with van der Waals surface area (Å²) in [6.45, 7) is 5.13. The minimum atomic E-state index is -0.0650. The highest BCUT2D eigenvalue weighted by Gasteiger charge is 2.41. The van der Waals surface area contributed by atoms with Crippen molar-refractivity contribution in [2.75, 3.05) is 6.54 Å². The van der Waals surface area contributed by atoms with Gasteiger partial charge in [-0.2, -0.15) is 0 Å². The topological polar surface area (TPSA) is 56.2 Å². The van der Waals surface area contributed by atoms with Crippen molar-refractivity contribution in [2.24, 2.45) is 11.8 Å². The molecule has 2 rings (SSSR count). The van der Waals surface area contributed by atoms with Gasteiger partial charge in [-0.05, 0) is 31.1 Å². The Labute approximate surface area is 96.9 Å². The minimum Gasteiger partial charge on any atom is -0.314 e. The molecular formula is C12H21N3O. The van der Waals surface area contributed by atoms with E-state index in [1.54, 1.807) is 0 Å². The summed E-state index contributed by atoms with van der Waals surface area (Å²) in [6, 6.07) is -0.0714. The minimum absolute atomic E-state index is 0.00644. The lowest BCUT2D eigenvalue weighted by molar-refractivity contribution is 0.187. The second-order valence-corrected chi connectivity index (χ2v) is 5.15. The predicted molar refractivity (Wildman–Crippen MR) is 63.5 cm³/mol. The Kier molecular flexibility index (Phi) is 3.17. The number of nitrogens with zero attached hydrogens (tertiary/aromatic N) is 1. The molecule has 0 aromatic rings. The molecule has 0 aromatic carbocycles. The van der Waals surface area contributed by atoms with E-state index in [4.69, 9.17) is 5.41 Å². The molecule has 1 aliphatic carbocycles. The zero-order chi connectivity index (χ0) is 11.7. The van der Waals surface area contributed by atoms with Crippen molar-refractivity contribution in [3.05, 3.63) is 0 Å². The molecule has 0 aromatic heterocycles. The molecule has 2 aliphatic rings. The van der Waals surface area contributed by atoms with E-state index in [1.165, 1.54) is 12.8 Å². The second-order valence-electron chi connectivity index (χ2n) is 5.15. The summed E-state index contributed by atoms with van der Waals surface area (Å²) in [5, 5.41) is 10.5. The van der Waals surface area contributed by atoms with Crippen molar-refractivity contribution in [1.82, 2.24) is 10.2 Å². The Morgan fingerprint density at radius 3 is 2.81 bits per heavy atom. The first-order valence-electron chi connectivity index (χ1n) is 6.29. The molecule has 16 heavy (non-hydrogen) atoms. The maximum Gasteiger partial charge on any atom is 0.323 e. The first-order chi connectivity index (χ1) is 7.63. The summed E-state index contributed by atoms with van der Waals surface area (Å²) in [5.74, 6) is 1.47. The molecule has 1 aliphatic heterocycles. The van der Waals surface area contributed by atoms with Gasteiger partial charge in [-0.3, -0.25) is 10.7 Å². The van der Waals surface area contributed by atoms with Crippen LogP contribution in [0.1, 0.15) is 39.5 Å². The largest absolute Gasteiger partial charge is 0.323 e. The van der Waals surface area contributed by atoms with Gasteiger partial charge < -0.3 is 4.90 Å². The fourth-order valence-electron chi connectivity index (χ4n) is 2.52. The van der Waals surface area contributed by atoms with Gasteiger partial charge in [0.25, 0.3) is 0 Å². The summed E-state index contributed by atoms with van der Waals surface area (Å²) >= 11 is 0. The lowest BCUT2D eigenvalue weighted by Gasteiger charge is -2.27. The van der Waals surface area contributed by atoms with Gasteiger partial charge in [-0.1, -0.05) is 20.3 Å². The summed E-state index contributed by atoms with van der Waals surface area (Å²) < 4.78 is 0. The van der Waals surface area contributed by atoms with E-state index in [-0.39, 0.29) is 12.1 Å². The van der Waals surface area contributed by atoms with Crippen molar-refractivity contribution in [1.29, 1.82) is 5.41 Å². The zero-order valence-electron chi connectivity index (χ0n) is 10.1. The lowest BCUT2D eigenvalue weighted by Crippen LogP contribution is -2.40. The van der Waals surface area contributed by atoms with Crippen LogP contribution in [-0.2, 0) is 0 Å². The highest BCUT2D eigenvalue weighted by Crippen LogP contribution is 2.32. The maximum absolute atomic E-state index is 11.7. The van der Waals surface area contributed by atoms with Crippen LogP contribution in [0.4, 0.5) is 4.79 Å². The van der Waals surface area contributed by atoms with Crippen molar-refractivity contribution in [3.8, 4) is 0 Å². The van der Waals surface area contributed by atoms with Gasteiger partial charge in [0, 0.05) is 6.54 Å². The third kappa shape index (κ3) is 2.20. The first-order valence-corrected chi connectivity index (χ1v) is 6.29. The number of nitrogens with one attached hydrogen (secondary N) is 2. The van der Waals surface area contributed by atoms with Gasteiger partial charge in [0.1, 0.15) is 5.84 Å². The van der Waals surface area contributed by atoms with Gasteiger partial charge in [0.05, 0.1) is 6.04 Å². The molecule has 4 heteroatoms. The van der Waals surface area contributed by atoms with Crippen LogP contribution in [0.2, 0.25) is 0 Å². The molecule has 1 saturated heterocycles. The SMILES string of the molecule is CCCC(C)C1C(=N)NC(=O)N1CC1CC1. The van der Waals surface area contributed by atoms with E-state index in [9.17, 15) is 4.79 Å². The molecule has 1 saturated carbocycles. The molecule has 2 unspecified atom stereocenters. The van der Waals surface area contributed by atoms with Crippen LogP contribution in [0.5, 0.6) is 0 Å². The summed E-state index contributed by atoms with van der Waals surface area (Å²) in [6.07, 6.45) is 4.66. The molecular weight excluding hydrogens is 202 g/mol. The normalized spacial score (nSPS) is 27.1. The number of amides is 2. The van der Waals surface area contributed by atoms with Gasteiger partial charge in [0.2, 0.25) is 0 Å². The fourth-order valence-corrected chi connectivity index (χ4v) is 2.52. The van der Waals surface area contributed by atoms with E-state index < -0.39 is 0 Å². The smallest absolute Gasteiger partial charge is 0.314 e. The van der Waals surface area contributed by atoms with Crippen LogP contribution in [0.3, 0.4) is 0 Å². The fraction of sp³-hybridized carbons (Fsp3) is 0.833. The van der Waals surface area contributed by atoms with Gasteiger partial charge in [-0.25, -0.2) is 4.79 Å². The van der Waals surface area contributed by atoms with Gasteiger partial charge >= 0.3 is 6.03 Å². The van der Waals surface area contributed by atoms with Crippen LogP contribution in [-0.4, -0.2) is 29.4 Å². The van der Waals surface area contributed by atoms with Crippen molar-refractivity contribution in [3.63, 3.8) is 0 Å². The van der Waals surface area contributed by atoms with Crippen LogP contribution in [0.15, 0.2) is 0 Å². The molecule has 2 fully saturated rings. The molecule has 2 amide bonds. The van der Waals surface area contributed by atoms with Crippen LogP contribution >= 0.6 is 0 Å². The Balaban J connectivity index is 2.04. The Morgan fingerprint density at radius 1 is 1.56 bits per heavy atom. The number of urea groups is 1. The van der Waals surface area contributed by atoms with E-state index >= 15 is 0 Å². The standard InChI is InChI=1S/C12H21N3O/c1-3-4-8(2)10-11(13)14-12(16)15(10)7-9-5-6-9/h8-10H,3-7H2,1-2H3,(H2,13,14,16). The van der Waals surface area contributed by atoms with Crippen LogP contribution < -0.4 is 5.32 Å². The molecule has 1 heterocycles.